The minimum atomic E-state index is 0.538. The zero-order chi connectivity index (χ0) is 16.4. The van der Waals surface area contributed by atoms with Gasteiger partial charge in [0.25, 0.3) is 0 Å². The van der Waals surface area contributed by atoms with E-state index in [1.54, 1.807) is 12.1 Å². The van der Waals surface area contributed by atoms with E-state index in [4.69, 9.17) is 28.5 Å². The largest absolute Gasteiger partial charge is 0.260 e. The molecule has 0 atom stereocenters. The van der Waals surface area contributed by atoms with Gasteiger partial charge in [-0.15, -0.1) is 0 Å². The molecule has 3 aromatic rings. The van der Waals surface area contributed by atoms with Crippen LogP contribution in [0.15, 0.2) is 42.5 Å². The molecule has 0 saturated heterocycles. The van der Waals surface area contributed by atoms with Crippen LogP contribution in [0.5, 0.6) is 0 Å². The highest BCUT2D eigenvalue weighted by Crippen LogP contribution is 2.25. The maximum atomic E-state index is 8.75. The first-order valence-corrected chi connectivity index (χ1v) is 7.81. The second kappa shape index (κ2) is 6.45. The summed E-state index contributed by atoms with van der Waals surface area (Å²) in [6.07, 6.45) is 3.15. The molecular formula is C18H13Cl2N3. The molecule has 0 fully saturated rings. The topological polar surface area (TPSA) is 41.6 Å². The molecule has 0 aliphatic heterocycles. The third kappa shape index (κ3) is 3.24. The number of halogens is 2. The number of fused-ring (bicyclic) bond motifs is 1. The van der Waals surface area contributed by atoms with Gasteiger partial charge in [-0.3, -0.25) is 4.68 Å². The van der Waals surface area contributed by atoms with Gasteiger partial charge in [0.05, 0.1) is 23.8 Å². The minimum absolute atomic E-state index is 0.538. The van der Waals surface area contributed by atoms with E-state index >= 15 is 0 Å². The van der Waals surface area contributed by atoms with Crippen molar-refractivity contribution in [2.45, 2.75) is 13.5 Å². The smallest absolute Gasteiger partial charge is 0.0937 e. The number of allylic oxidation sites excluding steroid dienone is 1. The third-order valence-corrected chi connectivity index (χ3v) is 4.17. The summed E-state index contributed by atoms with van der Waals surface area (Å²) in [5.74, 6) is 0. The fraction of sp³-hybridized carbons (Fsp3) is 0.111. The summed E-state index contributed by atoms with van der Waals surface area (Å²) in [6.45, 7) is 2.58. The van der Waals surface area contributed by atoms with Crippen molar-refractivity contribution in [1.29, 1.82) is 5.26 Å². The number of aromatic nitrogens is 2. The number of benzene rings is 2. The SMILES string of the molecule is Cc1ccc2c(/C=C/C#N)nn(Cc3ccc(Cl)cc3Cl)c2c1. The van der Waals surface area contributed by atoms with E-state index < -0.39 is 0 Å². The van der Waals surface area contributed by atoms with Gasteiger partial charge >= 0.3 is 0 Å². The lowest BCUT2D eigenvalue weighted by Gasteiger charge is -2.07. The Hall–Kier alpha value is -2.28. The van der Waals surface area contributed by atoms with Crippen molar-refractivity contribution in [2.75, 3.05) is 0 Å². The number of hydrogen-bond donors (Lipinski definition) is 0. The van der Waals surface area contributed by atoms with E-state index in [2.05, 4.69) is 11.2 Å². The molecule has 0 aliphatic carbocycles. The molecule has 1 aromatic heterocycles. The molecule has 0 spiro atoms. The number of rotatable bonds is 3. The summed E-state index contributed by atoms with van der Waals surface area (Å²) in [7, 11) is 0. The third-order valence-electron chi connectivity index (χ3n) is 3.59. The Labute approximate surface area is 144 Å². The molecule has 0 amide bonds. The van der Waals surface area contributed by atoms with Gasteiger partial charge in [0.15, 0.2) is 0 Å². The number of hydrogen-bond acceptors (Lipinski definition) is 2. The molecule has 0 aliphatic rings. The van der Waals surface area contributed by atoms with Crippen LogP contribution in [0.4, 0.5) is 0 Å². The summed E-state index contributed by atoms with van der Waals surface area (Å²) in [6, 6.07) is 13.6. The van der Waals surface area contributed by atoms with Crippen LogP contribution in [-0.4, -0.2) is 9.78 Å². The average molecular weight is 342 g/mol. The van der Waals surface area contributed by atoms with Crippen LogP contribution in [0.3, 0.4) is 0 Å². The minimum Gasteiger partial charge on any atom is -0.260 e. The molecule has 114 valence electrons. The Kier molecular flexibility index (Phi) is 4.38. The summed E-state index contributed by atoms with van der Waals surface area (Å²) in [5.41, 5.74) is 3.87. The highest BCUT2D eigenvalue weighted by Gasteiger charge is 2.11. The Morgan fingerprint density at radius 3 is 2.78 bits per heavy atom. The van der Waals surface area contributed by atoms with Crippen molar-refractivity contribution in [3.05, 3.63) is 69.3 Å². The van der Waals surface area contributed by atoms with E-state index in [1.807, 2.05) is 41.9 Å². The fourth-order valence-corrected chi connectivity index (χ4v) is 2.95. The zero-order valence-corrected chi connectivity index (χ0v) is 13.9. The maximum Gasteiger partial charge on any atom is 0.0937 e. The fourth-order valence-electron chi connectivity index (χ4n) is 2.48. The van der Waals surface area contributed by atoms with Gasteiger partial charge in [0, 0.05) is 21.5 Å². The zero-order valence-electron chi connectivity index (χ0n) is 12.4. The Bertz CT molecular complexity index is 949. The molecule has 3 rings (SSSR count). The monoisotopic (exact) mass is 341 g/mol. The maximum absolute atomic E-state index is 8.75. The molecule has 5 heteroatoms. The Morgan fingerprint density at radius 2 is 2.04 bits per heavy atom. The summed E-state index contributed by atoms with van der Waals surface area (Å²) in [5, 5.41) is 15.6. The van der Waals surface area contributed by atoms with Crippen LogP contribution in [0, 0.1) is 18.3 Å². The van der Waals surface area contributed by atoms with Gasteiger partial charge < -0.3 is 0 Å². The van der Waals surface area contributed by atoms with Crippen molar-refractivity contribution >= 4 is 40.2 Å². The van der Waals surface area contributed by atoms with E-state index in [9.17, 15) is 0 Å². The lowest BCUT2D eigenvalue weighted by atomic mass is 10.1. The quantitative estimate of drug-likeness (QED) is 0.611. The van der Waals surface area contributed by atoms with E-state index in [0.29, 0.717) is 16.6 Å². The lowest BCUT2D eigenvalue weighted by Crippen LogP contribution is -2.02. The van der Waals surface area contributed by atoms with Gasteiger partial charge in [-0.05, 0) is 42.3 Å². The molecule has 0 saturated carbocycles. The van der Waals surface area contributed by atoms with Crippen molar-refractivity contribution in [1.82, 2.24) is 9.78 Å². The standard InChI is InChI=1S/C18H13Cl2N3/c1-12-4-7-15-17(3-2-8-21)22-23(18(15)9-12)11-13-5-6-14(19)10-16(13)20/h2-7,9-10H,11H2,1H3/b3-2+. The van der Waals surface area contributed by atoms with Gasteiger partial charge in [0.2, 0.25) is 0 Å². The Balaban J connectivity index is 2.11. The van der Waals surface area contributed by atoms with E-state index in [1.165, 1.54) is 6.08 Å². The number of aryl methyl sites for hydroxylation is 1. The molecule has 23 heavy (non-hydrogen) atoms. The van der Waals surface area contributed by atoms with Crippen LogP contribution < -0.4 is 0 Å². The lowest BCUT2D eigenvalue weighted by molar-refractivity contribution is 0.709. The normalized spacial score (nSPS) is 11.2. The van der Waals surface area contributed by atoms with Crippen LogP contribution in [-0.2, 0) is 6.54 Å². The predicted octanol–water partition coefficient (Wildman–Crippen LogP) is 5.24. The first kappa shape index (κ1) is 15.6. The molecule has 0 unspecified atom stereocenters. The second-order valence-electron chi connectivity index (χ2n) is 5.26. The summed E-state index contributed by atoms with van der Waals surface area (Å²) >= 11 is 12.2. The molecule has 0 bridgehead atoms. The highest BCUT2D eigenvalue weighted by atomic mass is 35.5. The summed E-state index contributed by atoms with van der Waals surface area (Å²) < 4.78 is 1.90. The van der Waals surface area contributed by atoms with Gasteiger partial charge in [-0.1, -0.05) is 41.4 Å². The van der Waals surface area contributed by atoms with Gasteiger partial charge in [-0.2, -0.15) is 10.4 Å². The van der Waals surface area contributed by atoms with E-state index in [-0.39, 0.29) is 0 Å². The first-order valence-electron chi connectivity index (χ1n) is 7.06. The van der Waals surface area contributed by atoms with Crippen LogP contribution in [0.1, 0.15) is 16.8 Å². The molecule has 3 nitrogen and oxygen atoms in total. The van der Waals surface area contributed by atoms with Crippen molar-refractivity contribution < 1.29 is 0 Å². The van der Waals surface area contributed by atoms with Crippen LogP contribution >= 0.6 is 23.2 Å². The van der Waals surface area contributed by atoms with Gasteiger partial charge in [0.1, 0.15) is 0 Å². The van der Waals surface area contributed by atoms with Gasteiger partial charge in [-0.25, -0.2) is 0 Å². The highest BCUT2D eigenvalue weighted by molar-refractivity contribution is 6.35. The predicted molar refractivity (Wildman–Crippen MR) is 94.7 cm³/mol. The van der Waals surface area contributed by atoms with Crippen LogP contribution in [0.25, 0.3) is 17.0 Å². The molecule has 0 N–H and O–H groups in total. The average Bonchev–Trinajstić information content (AvgIpc) is 2.85. The van der Waals surface area contributed by atoms with Crippen molar-refractivity contribution in [3.8, 4) is 6.07 Å². The first-order chi connectivity index (χ1) is 11.1. The molecule has 2 aromatic carbocycles. The number of nitriles is 1. The van der Waals surface area contributed by atoms with E-state index in [0.717, 1.165) is 27.7 Å². The number of nitrogens with zero attached hydrogens (tertiary/aromatic N) is 3. The summed E-state index contributed by atoms with van der Waals surface area (Å²) in [4.78, 5) is 0. The molecular weight excluding hydrogens is 329 g/mol. The molecule has 0 radical (unpaired) electrons. The second-order valence-corrected chi connectivity index (χ2v) is 6.11. The van der Waals surface area contributed by atoms with Crippen molar-refractivity contribution in [3.63, 3.8) is 0 Å². The Morgan fingerprint density at radius 1 is 1.22 bits per heavy atom. The van der Waals surface area contributed by atoms with Crippen molar-refractivity contribution in [2.24, 2.45) is 0 Å². The molecule has 1 heterocycles. The van der Waals surface area contributed by atoms with Crippen LogP contribution in [0.2, 0.25) is 10.0 Å².